The maximum Gasteiger partial charge on any atom is 0.494 e. The van der Waals surface area contributed by atoms with Crippen LogP contribution >= 0.6 is 0 Å². The average molecular weight is 261 g/mol. The maximum absolute atomic E-state index is 11.7. The van der Waals surface area contributed by atoms with E-state index in [-0.39, 0.29) is 17.0 Å². The van der Waals surface area contributed by atoms with Crippen molar-refractivity contribution in [3.05, 3.63) is 24.0 Å². The van der Waals surface area contributed by atoms with Crippen molar-refractivity contribution in [1.29, 1.82) is 0 Å². The van der Waals surface area contributed by atoms with Gasteiger partial charge in [-0.15, -0.1) is 0 Å². The fourth-order valence-electron chi connectivity index (χ4n) is 1.91. The van der Waals surface area contributed by atoms with Gasteiger partial charge in [-0.2, -0.15) is 0 Å². The van der Waals surface area contributed by atoms with Crippen LogP contribution in [-0.4, -0.2) is 29.1 Å². The largest absolute Gasteiger partial charge is 0.494 e. The van der Waals surface area contributed by atoms with Gasteiger partial charge in [0.2, 0.25) is 0 Å². The van der Waals surface area contributed by atoms with Crippen molar-refractivity contribution in [2.24, 2.45) is 0 Å². The molecule has 0 saturated carbocycles. The molecule has 1 aromatic rings. The molecule has 2 rings (SSSR count). The second kappa shape index (κ2) is 4.73. The van der Waals surface area contributed by atoms with E-state index in [1.54, 1.807) is 12.3 Å². The van der Waals surface area contributed by atoms with Gasteiger partial charge in [0.05, 0.1) is 11.2 Å². The van der Waals surface area contributed by atoms with Gasteiger partial charge in [-0.3, -0.25) is 9.78 Å². The van der Waals surface area contributed by atoms with Gasteiger partial charge < -0.3 is 9.31 Å². The third-order valence-electron chi connectivity index (χ3n) is 3.92. The first kappa shape index (κ1) is 14.2. The molecule has 4 nitrogen and oxygen atoms in total. The van der Waals surface area contributed by atoms with E-state index in [4.69, 9.17) is 9.31 Å². The molecule has 1 aliphatic rings. The highest BCUT2D eigenvalue weighted by Crippen LogP contribution is 2.36. The van der Waals surface area contributed by atoms with E-state index in [0.717, 1.165) is 5.46 Å². The number of ketones is 1. The number of aromatic nitrogens is 1. The number of rotatable bonds is 3. The second-order valence-corrected chi connectivity index (χ2v) is 5.84. The molecule has 1 aliphatic heterocycles. The zero-order valence-electron chi connectivity index (χ0n) is 12.2. The number of nitrogens with zero attached hydrogens (tertiary/aromatic N) is 1. The molecule has 0 atom stereocenters. The van der Waals surface area contributed by atoms with Crippen molar-refractivity contribution >= 4 is 18.4 Å². The number of hydrogen-bond donors (Lipinski definition) is 0. The summed E-state index contributed by atoms with van der Waals surface area (Å²) in [4.78, 5) is 15.8. The third kappa shape index (κ3) is 2.58. The topological polar surface area (TPSA) is 48.4 Å². The van der Waals surface area contributed by atoms with Crippen LogP contribution in [0.3, 0.4) is 0 Å². The number of carbonyl (C=O) groups excluding carboxylic acids is 1. The minimum absolute atomic E-state index is 0.0263. The van der Waals surface area contributed by atoms with Crippen molar-refractivity contribution in [3.8, 4) is 0 Å². The van der Waals surface area contributed by atoms with Crippen molar-refractivity contribution < 1.29 is 14.1 Å². The SMILES string of the molecule is CCC(=O)c1cc(B2OC(C)(C)C(C)(C)O2)ccn1. The fourth-order valence-corrected chi connectivity index (χ4v) is 1.91. The summed E-state index contributed by atoms with van der Waals surface area (Å²) in [6.07, 6.45) is 2.07. The lowest BCUT2D eigenvalue weighted by molar-refractivity contribution is 0.00578. The number of Topliss-reactive ketones (excluding diaryl/α,β-unsaturated/α-hetero) is 1. The minimum Gasteiger partial charge on any atom is -0.399 e. The lowest BCUT2D eigenvalue weighted by atomic mass is 9.79. The number of pyridine rings is 1. The molecule has 0 bridgehead atoms. The van der Waals surface area contributed by atoms with Crippen LogP contribution in [0.1, 0.15) is 51.5 Å². The smallest absolute Gasteiger partial charge is 0.399 e. The van der Waals surface area contributed by atoms with E-state index >= 15 is 0 Å². The van der Waals surface area contributed by atoms with Gasteiger partial charge in [-0.1, -0.05) is 6.92 Å². The predicted octanol–water partition coefficient (Wildman–Crippen LogP) is 1.97. The van der Waals surface area contributed by atoms with Gasteiger partial charge in [-0.05, 0) is 45.3 Å². The molecular weight excluding hydrogens is 241 g/mol. The van der Waals surface area contributed by atoms with Crippen molar-refractivity contribution in [3.63, 3.8) is 0 Å². The van der Waals surface area contributed by atoms with Crippen LogP contribution in [0.4, 0.5) is 0 Å². The molecule has 1 saturated heterocycles. The number of carbonyl (C=O) groups is 1. The summed E-state index contributed by atoms with van der Waals surface area (Å²) in [6, 6.07) is 3.59. The van der Waals surface area contributed by atoms with Crippen molar-refractivity contribution in [1.82, 2.24) is 4.98 Å². The Bertz CT molecular complexity index is 483. The molecular formula is C14H20BNO3. The Morgan fingerprint density at radius 3 is 2.37 bits per heavy atom. The maximum atomic E-state index is 11.7. The summed E-state index contributed by atoms with van der Waals surface area (Å²) in [5, 5.41) is 0. The van der Waals surface area contributed by atoms with E-state index in [1.165, 1.54) is 0 Å². The van der Waals surface area contributed by atoms with Gasteiger partial charge >= 0.3 is 7.12 Å². The monoisotopic (exact) mass is 261 g/mol. The Labute approximate surface area is 114 Å². The Morgan fingerprint density at radius 2 is 1.84 bits per heavy atom. The molecule has 1 aromatic heterocycles. The Balaban J connectivity index is 2.27. The highest BCUT2D eigenvalue weighted by Gasteiger charge is 2.51. The van der Waals surface area contributed by atoms with Gasteiger partial charge in [0.25, 0.3) is 0 Å². The van der Waals surface area contributed by atoms with Crippen LogP contribution < -0.4 is 5.46 Å². The molecule has 0 radical (unpaired) electrons. The molecule has 5 heteroatoms. The van der Waals surface area contributed by atoms with Crippen LogP contribution in [0, 0.1) is 0 Å². The first-order valence-corrected chi connectivity index (χ1v) is 6.61. The molecule has 1 fully saturated rings. The van der Waals surface area contributed by atoms with Crippen molar-refractivity contribution in [2.45, 2.75) is 52.2 Å². The van der Waals surface area contributed by atoms with Crippen LogP contribution in [0.5, 0.6) is 0 Å². The van der Waals surface area contributed by atoms with Gasteiger partial charge in [0.1, 0.15) is 5.69 Å². The van der Waals surface area contributed by atoms with Gasteiger partial charge in [0, 0.05) is 12.6 Å². The first-order valence-electron chi connectivity index (χ1n) is 6.61. The summed E-state index contributed by atoms with van der Waals surface area (Å²) in [5.74, 6) is 0.0263. The minimum atomic E-state index is -0.448. The van der Waals surface area contributed by atoms with Crippen LogP contribution in [-0.2, 0) is 9.31 Å². The van der Waals surface area contributed by atoms with E-state index in [9.17, 15) is 4.79 Å². The molecule has 0 aromatic carbocycles. The zero-order chi connectivity index (χ0) is 14.3. The summed E-state index contributed by atoms with van der Waals surface area (Å²) in [6.45, 7) is 9.85. The summed E-state index contributed by atoms with van der Waals surface area (Å²) in [7, 11) is -0.448. The third-order valence-corrected chi connectivity index (χ3v) is 3.92. The summed E-state index contributed by atoms with van der Waals surface area (Å²) in [5.41, 5.74) is 0.548. The lowest BCUT2D eigenvalue weighted by Gasteiger charge is -2.32. The fraction of sp³-hybridized carbons (Fsp3) is 0.571. The molecule has 0 aliphatic carbocycles. The van der Waals surface area contributed by atoms with Crippen LogP contribution in [0.25, 0.3) is 0 Å². The van der Waals surface area contributed by atoms with Crippen LogP contribution in [0.2, 0.25) is 0 Å². The van der Waals surface area contributed by atoms with Gasteiger partial charge in [0.15, 0.2) is 5.78 Å². The molecule has 19 heavy (non-hydrogen) atoms. The first-order chi connectivity index (χ1) is 8.77. The van der Waals surface area contributed by atoms with Crippen LogP contribution in [0.15, 0.2) is 18.3 Å². The Morgan fingerprint density at radius 1 is 1.26 bits per heavy atom. The summed E-state index contributed by atoms with van der Waals surface area (Å²) < 4.78 is 11.9. The zero-order valence-corrected chi connectivity index (χ0v) is 12.2. The molecule has 0 amide bonds. The number of hydrogen-bond acceptors (Lipinski definition) is 4. The average Bonchev–Trinajstić information content (AvgIpc) is 2.58. The van der Waals surface area contributed by atoms with Gasteiger partial charge in [-0.25, -0.2) is 0 Å². The highest BCUT2D eigenvalue weighted by atomic mass is 16.7. The van der Waals surface area contributed by atoms with E-state index in [1.807, 2.05) is 40.7 Å². The molecule has 0 unspecified atom stereocenters. The Kier molecular flexibility index (Phi) is 3.54. The summed E-state index contributed by atoms with van der Waals surface area (Å²) >= 11 is 0. The van der Waals surface area contributed by atoms with E-state index in [0.29, 0.717) is 12.1 Å². The van der Waals surface area contributed by atoms with E-state index in [2.05, 4.69) is 4.98 Å². The molecule has 102 valence electrons. The highest BCUT2D eigenvalue weighted by molar-refractivity contribution is 6.62. The van der Waals surface area contributed by atoms with E-state index < -0.39 is 7.12 Å². The normalized spacial score (nSPS) is 20.6. The molecule has 0 spiro atoms. The van der Waals surface area contributed by atoms with Crippen molar-refractivity contribution in [2.75, 3.05) is 0 Å². The second-order valence-electron chi connectivity index (χ2n) is 5.84. The predicted molar refractivity (Wildman–Crippen MR) is 74.6 cm³/mol. The standard InChI is InChI=1S/C14H20BNO3/c1-6-12(17)11-9-10(7-8-16-11)15-18-13(2,3)14(4,5)19-15/h7-9H,6H2,1-5H3. The molecule has 2 heterocycles. The Hall–Kier alpha value is -1.20. The quantitative estimate of drug-likeness (QED) is 0.616. The molecule has 0 N–H and O–H groups in total. The lowest BCUT2D eigenvalue weighted by Crippen LogP contribution is -2.41.